The van der Waals surface area contributed by atoms with Gasteiger partial charge in [-0.2, -0.15) is 0 Å². The average Bonchev–Trinajstić information content (AvgIpc) is 3.53. The minimum Gasteiger partial charge on any atom is -0.493 e. The minimum atomic E-state index is -0.614. The van der Waals surface area contributed by atoms with Crippen LogP contribution in [-0.4, -0.2) is 47.4 Å². The van der Waals surface area contributed by atoms with Gasteiger partial charge in [0.2, 0.25) is 5.75 Å². The van der Waals surface area contributed by atoms with Gasteiger partial charge in [0.25, 0.3) is 0 Å². The van der Waals surface area contributed by atoms with Crippen LogP contribution in [0.4, 0.5) is 0 Å². The van der Waals surface area contributed by atoms with Gasteiger partial charge in [-0.25, -0.2) is 0 Å². The fourth-order valence-corrected chi connectivity index (χ4v) is 3.70. The van der Waals surface area contributed by atoms with E-state index in [0.717, 1.165) is 5.56 Å². The summed E-state index contributed by atoms with van der Waals surface area (Å²) in [7, 11) is 7.63. The Morgan fingerprint density at radius 2 is 1.50 bits per heavy atom. The molecule has 0 aliphatic carbocycles. The number of hydrogen-bond donors (Lipinski definition) is 0. The number of rotatable bonds is 8. The van der Waals surface area contributed by atoms with E-state index in [1.165, 1.54) is 21.3 Å². The van der Waals surface area contributed by atoms with Crippen molar-refractivity contribution in [3.05, 3.63) is 39.9 Å². The summed E-state index contributed by atoms with van der Waals surface area (Å²) in [4.78, 5) is 13.1. The Balaban J connectivity index is 1.90. The number of benzene rings is 2. The van der Waals surface area contributed by atoms with Gasteiger partial charge in [-0.1, -0.05) is 6.07 Å². The molecule has 2 unspecified atom stereocenters. The Kier molecular flexibility index (Phi) is 6.00. The Bertz CT molecular complexity index is 897. The molecule has 0 saturated carbocycles. The molecular formula is C20H21BrO7. The predicted octanol–water partition coefficient (Wildman–Crippen LogP) is 3.81. The van der Waals surface area contributed by atoms with Crippen molar-refractivity contribution in [3.63, 3.8) is 0 Å². The van der Waals surface area contributed by atoms with E-state index in [2.05, 4.69) is 15.9 Å². The van der Waals surface area contributed by atoms with E-state index >= 15 is 0 Å². The van der Waals surface area contributed by atoms with Crippen LogP contribution in [0.5, 0.6) is 28.7 Å². The van der Waals surface area contributed by atoms with Gasteiger partial charge < -0.3 is 28.4 Å². The molecular weight excluding hydrogens is 432 g/mol. The zero-order chi connectivity index (χ0) is 20.4. The molecule has 1 heterocycles. The lowest BCUT2D eigenvalue weighted by atomic mass is 10.0. The molecule has 0 N–H and O–H groups in total. The van der Waals surface area contributed by atoms with Gasteiger partial charge >= 0.3 is 0 Å². The van der Waals surface area contributed by atoms with E-state index < -0.39 is 6.10 Å². The second-order valence-corrected chi connectivity index (χ2v) is 6.76. The first-order valence-corrected chi connectivity index (χ1v) is 9.20. The first-order valence-electron chi connectivity index (χ1n) is 8.40. The van der Waals surface area contributed by atoms with E-state index in [9.17, 15) is 4.79 Å². The molecule has 2 atom stereocenters. The first kappa shape index (κ1) is 20.3. The average molecular weight is 453 g/mol. The summed E-state index contributed by atoms with van der Waals surface area (Å²) in [6, 6.07) is 7.05. The van der Waals surface area contributed by atoms with Crippen LogP contribution in [0.1, 0.15) is 22.0 Å². The maximum Gasteiger partial charge on any atom is 0.204 e. The van der Waals surface area contributed by atoms with Crippen molar-refractivity contribution < 1.29 is 33.2 Å². The number of ether oxygens (including phenoxy) is 6. The number of carbonyl (C=O) groups is 1. The lowest BCUT2D eigenvalue weighted by Gasteiger charge is -2.16. The second-order valence-electron chi connectivity index (χ2n) is 5.96. The lowest BCUT2D eigenvalue weighted by molar-refractivity contribution is 0.0952. The Hall–Kier alpha value is -2.45. The molecule has 28 heavy (non-hydrogen) atoms. The molecule has 3 rings (SSSR count). The van der Waals surface area contributed by atoms with Crippen molar-refractivity contribution in [2.45, 2.75) is 12.2 Å². The smallest absolute Gasteiger partial charge is 0.204 e. The monoisotopic (exact) mass is 452 g/mol. The number of epoxide rings is 1. The third-order valence-electron chi connectivity index (χ3n) is 4.52. The highest BCUT2D eigenvalue weighted by atomic mass is 79.9. The van der Waals surface area contributed by atoms with Gasteiger partial charge in [-0.05, 0) is 39.7 Å². The highest BCUT2D eigenvalue weighted by molar-refractivity contribution is 9.10. The highest BCUT2D eigenvalue weighted by Gasteiger charge is 2.47. The lowest BCUT2D eigenvalue weighted by Crippen LogP contribution is -2.11. The number of ketones is 1. The number of halogens is 1. The van der Waals surface area contributed by atoms with Crippen molar-refractivity contribution >= 4 is 21.7 Å². The highest BCUT2D eigenvalue weighted by Crippen LogP contribution is 2.48. The van der Waals surface area contributed by atoms with Crippen molar-refractivity contribution in [2.24, 2.45) is 0 Å². The van der Waals surface area contributed by atoms with Crippen molar-refractivity contribution in [1.82, 2.24) is 0 Å². The fraction of sp³-hybridized carbons (Fsp3) is 0.350. The molecule has 1 saturated heterocycles. The summed E-state index contributed by atoms with van der Waals surface area (Å²) in [5.41, 5.74) is 1.22. The second kappa shape index (κ2) is 8.28. The molecule has 0 spiro atoms. The van der Waals surface area contributed by atoms with Crippen molar-refractivity contribution in [2.75, 3.05) is 35.5 Å². The van der Waals surface area contributed by atoms with Crippen LogP contribution < -0.4 is 23.7 Å². The van der Waals surface area contributed by atoms with E-state index in [1.54, 1.807) is 32.4 Å². The molecule has 0 amide bonds. The van der Waals surface area contributed by atoms with E-state index in [0.29, 0.717) is 38.8 Å². The summed E-state index contributed by atoms with van der Waals surface area (Å²) in [6.45, 7) is 0. The van der Waals surface area contributed by atoms with Gasteiger partial charge in [-0.15, -0.1) is 0 Å². The molecule has 1 aliphatic heterocycles. The minimum absolute atomic E-state index is 0.189. The maximum absolute atomic E-state index is 13.1. The van der Waals surface area contributed by atoms with Gasteiger partial charge in [0.05, 0.1) is 40.0 Å². The largest absolute Gasteiger partial charge is 0.493 e. The predicted molar refractivity (Wildman–Crippen MR) is 105 cm³/mol. The summed E-state index contributed by atoms with van der Waals surface area (Å²) in [5, 5.41) is 0. The van der Waals surface area contributed by atoms with E-state index in [-0.39, 0.29) is 11.9 Å². The molecule has 2 aromatic carbocycles. The molecule has 1 fully saturated rings. The quantitative estimate of drug-likeness (QED) is 0.445. The molecule has 2 aromatic rings. The summed E-state index contributed by atoms with van der Waals surface area (Å²) in [6.07, 6.45) is -0.976. The van der Waals surface area contributed by atoms with Crippen molar-refractivity contribution in [3.8, 4) is 28.7 Å². The molecule has 1 aliphatic rings. The first-order chi connectivity index (χ1) is 13.5. The standard InChI is InChI=1S/C20H21BrO7/c1-23-12-7-6-10(8-13(12)24-2)17-20(28-17)16(22)11-9-14(25-3)18(26-4)19(27-5)15(11)21/h6-9,17,20H,1-5H3. The SMILES string of the molecule is COc1ccc(C2OC2C(=O)c2cc(OC)c(OC)c(OC)c2Br)cc1OC. The normalized spacial score (nSPS) is 17.6. The number of methoxy groups -OCH3 is 5. The summed E-state index contributed by atoms with van der Waals surface area (Å²) >= 11 is 3.44. The molecule has 0 bridgehead atoms. The Morgan fingerprint density at radius 3 is 2.07 bits per heavy atom. The van der Waals surface area contributed by atoms with E-state index in [1.807, 2.05) is 6.07 Å². The molecule has 0 aromatic heterocycles. The van der Waals surface area contributed by atoms with E-state index in [4.69, 9.17) is 28.4 Å². The van der Waals surface area contributed by atoms with Crippen LogP contribution in [-0.2, 0) is 4.74 Å². The number of hydrogen-bond acceptors (Lipinski definition) is 7. The Morgan fingerprint density at radius 1 is 0.857 bits per heavy atom. The summed E-state index contributed by atoms with van der Waals surface area (Å²) in [5.74, 6) is 2.19. The zero-order valence-corrected chi connectivity index (χ0v) is 17.8. The third kappa shape index (κ3) is 3.49. The van der Waals surface area contributed by atoms with Crippen LogP contribution in [0.2, 0.25) is 0 Å². The number of Topliss-reactive ketones (excluding diaryl/α,β-unsaturated/α-hetero) is 1. The maximum atomic E-state index is 13.1. The third-order valence-corrected chi connectivity index (χ3v) is 5.31. The molecule has 8 heteroatoms. The zero-order valence-electron chi connectivity index (χ0n) is 16.2. The molecule has 7 nitrogen and oxygen atoms in total. The molecule has 0 radical (unpaired) electrons. The van der Waals surface area contributed by atoms with Crippen LogP contribution in [0.15, 0.2) is 28.7 Å². The number of carbonyl (C=O) groups excluding carboxylic acids is 1. The summed E-state index contributed by atoms with van der Waals surface area (Å²) < 4.78 is 32.8. The van der Waals surface area contributed by atoms with Crippen LogP contribution in [0, 0.1) is 0 Å². The van der Waals surface area contributed by atoms with Gasteiger partial charge in [0, 0.05) is 5.56 Å². The molecule has 150 valence electrons. The van der Waals surface area contributed by atoms with Gasteiger partial charge in [0.1, 0.15) is 6.10 Å². The van der Waals surface area contributed by atoms with Crippen molar-refractivity contribution in [1.29, 1.82) is 0 Å². The van der Waals surface area contributed by atoms with Crippen LogP contribution >= 0.6 is 15.9 Å². The Labute approximate surface area is 171 Å². The van der Waals surface area contributed by atoms with Gasteiger partial charge in [0.15, 0.2) is 34.9 Å². The van der Waals surface area contributed by atoms with Crippen LogP contribution in [0.3, 0.4) is 0 Å². The fourth-order valence-electron chi connectivity index (χ4n) is 3.05. The topological polar surface area (TPSA) is 75.8 Å². The van der Waals surface area contributed by atoms with Gasteiger partial charge in [-0.3, -0.25) is 4.79 Å². The van der Waals surface area contributed by atoms with Crippen LogP contribution in [0.25, 0.3) is 0 Å².